The van der Waals surface area contributed by atoms with Crippen LogP contribution < -0.4 is 0 Å². The molecular formula is C17H22BrFN2O2. The predicted octanol–water partition coefficient (Wildman–Crippen LogP) is 2.51. The van der Waals surface area contributed by atoms with Crippen molar-refractivity contribution in [3.63, 3.8) is 0 Å². The summed E-state index contributed by atoms with van der Waals surface area (Å²) in [6.07, 6.45) is 3.82. The van der Waals surface area contributed by atoms with Crippen LogP contribution in [0.3, 0.4) is 0 Å². The van der Waals surface area contributed by atoms with Crippen LogP contribution in [0.1, 0.15) is 18.9 Å². The Morgan fingerprint density at radius 1 is 1.57 bits per heavy atom. The lowest BCUT2D eigenvalue weighted by molar-refractivity contribution is -0.126. The largest absolute Gasteiger partial charge is 0.395 e. The molecule has 1 aromatic carbocycles. The average molecular weight is 385 g/mol. The van der Waals surface area contributed by atoms with E-state index in [1.165, 1.54) is 18.2 Å². The molecule has 0 aromatic heterocycles. The van der Waals surface area contributed by atoms with Gasteiger partial charge in [0.25, 0.3) is 0 Å². The maximum atomic E-state index is 13.7. The van der Waals surface area contributed by atoms with E-state index in [-0.39, 0.29) is 30.4 Å². The monoisotopic (exact) mass is 384 g/mol. The highest BCUT2D eigenvalue weighted by atomic mass is 79.9. The van der Waals surface area contributed by atoms with Gasteiger partial charge in [0.2, 0.25) is 5.91 Å². The molecule has 1 fully saturated rings. The van der Waals surface area contributed by atoms with Crippen molar-refractivity contribution in [2.24, 2.45) is 0 Å². The van der Waals surface area contributed by atoms with Crippen LogP contribution in [0.2, 0.25) is 0 Å². The van der Waals surface area contributed by atoms with Crippen molar-refractivity contribution < 1.29 is 14.3 Å². The molecular weight excluding hydrogens is 363 g/mol. The van der Waals surface area contributed by atoms with E-state index in [1.54, 1.807) is 17.0 Å². The third kappa shape index (κ3) is 4.40. The van der Waals surface area contributed by atoms with Crippen LogP contribution in [0.25, 0.3) is 6.08 Å². The number of carbonyl (C=O) groups is 1. The highest BCUT2D eigenvalue weighted by Gasteiger charge is 2.34. The van der Waals surface area contributed by atoms with Crippen LogP contribution in [0.15, 0.2) is 28.7 Å². The first kappa shape index (κ1) is 18.1. The summed E-state index contributed by atoms with van der Waals surface area (Å²) in [5.41, 5.74) is 0.383. The zero-order valence-corrected chi connectivity index (χ0v) is 15.0. The highest BCUT2D eigenvalue weighted by molar-refractivity contribution is 9.10. The van der Waals surface area contributed by atoms with Crippen LogP contribution in [0.4, 0.5) is 4.39 Å². The van der Waals surface area contributed by atoms with Gasteiger partial charge in [-0.25, -0.2) is 4.39 Å². The van der Waals surface area contributed by atoms with Crippen LogP contribution in [-0.4, -0.2) is 59.6 Å². The number of halogens is 2. The Kier molecular flexibility index (Phi) is 6.33. The van der Waals surface area contributed by atoms with Gasteiger partial charge in [0, 0.05) is 41.3 Å². The first-order valence-electron chi connectivity index (χ1n) is 7.69. The summed E-state index contributed by atoms with van der Waals surface area (Å²) in [5.74, 6) is -0.468. The summed E-state index contributed by atoms with van der Waals surface area (Å²) in [6.45, 7) is 3.38. The lowest BCUT2D eigenvalue weighted by atomic mass is 10.1. The lowest BCUT2D eigenvalue weighted by Gasteiger charge is -2.29. The molecule has 0 saturated carbocycles. The van der Waals surface area contributed by atoms with Crippen LogP contribution in [0, 0.1) is 5.82 Å². The molecule has 1 N–H and O–H groups in total. The van der Waals surface area contributed by atoms with E-state index >= 15 is 0 Å². The molecule has 0 aliphatic carbocycles. The minimum Gasteiger partial charge on any atom is -0.395 e. The van der Waals surface area contributed by atoms with E-state index in [2.05, 4.69) is 20.8 Å². The number of benzene rings is 1. The van der Waals surface area contributed by atoms with E-state index in [0.717, 1.165) is 10.9 Å². The predicted molar refractivity (Wildman–Crippen MR) is 92.4 cm³/mol. The molecule has 2 rings (SSSR count). The number of amides is 1. The first-order valence-corrected chi connectivity index (χ1v) is 8.48. The topological polar surface area (TPSA) is 43.8 Å². The summed E-state index contributed by atoms with van der Waals surface area (Å²) in [4.78, 5) is 16.3. The van der Waals surface area contributed by atoms with Gasteiger partial charge < -0.3 is 10.0 Å². The quantitative estimate of drug-likeness (QED) is 0.793. The summed E-state index contributed by atoms with van der Waals surface area (Å²) >= 11 is 3.30. The van der Waals surface area contributed by atoms with Gasteiger partial charge in [0.15, 0.2) is 0 Å². The van der Waals surface area contributed by atoms with Crippen molar-refractivity contribution in [1.29, 1.82) is 0 Å². The van der Waals surface area contributed by atoms with Gasteiger partial charge in [-0.2, -0.15) is 0 Å². The maximum absolute atomic E-state index is 13.7. The molecule has 1 amide bonds. The van der Waals surface area contributed by atoms with Crippen LogP contribution in [-0.2, 0) is 4.79 Å². The summed E-state index contributed by atoms with van der Waals surface area (Å²) in [5, 5.41) is 9.04. The average Bonchev–Trinajstić information content (AvgIpc) is 2.90. The number of aliphatic hydroxyl groups is 1. The van der Waals surface area contributed by atoms with Gasteiger partial charge in [-0.3, -0.25) is 9.69 Å². The fourth-order valence-electron chi connectivity index (χ4n) is 3.05. The summed E-state index contributed by atoms with van der Waals surface area (Å²) in [7, 11) is 1.96. The fraction of sp³-hybridized carbons (Fsp3) is 0.471. The molecule has 1 aliphatic rings. The molecule has 23 heavy (non-hydrogen) atoms. The molecule has 1 aromatic rings. The number of aliphatic hydroxyl groups excluding tert-OH is 1. The third-order valence-electron chi connectivity index (χ3n) is 4.38. The zero-order chi connectivity index (χ0) is 17.0. The molecule has 2 atom stereocenters. The van der Waals surface area contributed by atoms with Gasteiger partial charge in [-0.05, 0) is 44.7 Å². The Morgan fingerprint density at radius 3 is 3.00 bits per heavy atom. The lowest BCUT2D eigenvalue weighted by Crippen LogP contribution is -2.44. The van der Waals surface area contributed by atoms with Gasteiger partial charge in [0.1, 0.15) is 5.82 Å². The number of carbonyl (C=O) groups excluding carboxylic acids is 1. The van der Waals surface area contributed by atoms with E-state index in [1.807, 2.05) is 14.0 Å². The number of likely N-dealkylation sites (N-methyl/N-ethyl adjacent to an activating group) is 1. The van der Waals surface area contributed by atoms with Gasteiger partial charge >= 0.3 is 0 Å². The van der Waals surface area contributed by atoms with E-state index in [9.17, 15) is 9.18 Å². The van der Waals surface area contributed by atoms with Crippen molar-refractivity contribution in [2.75, 3.05) is 26.7 Å². The SMILES string of the molecule is C[C@@H]1[C@H](N(C)CCO)CCN1C(=O)C=Cc1cc(Br)ccc1F. The number of rotatable bonds is 5. The summed E-state index contributed by atoms with van der Waals surface area (Å²) < 4.78 is 14.5. The smallest absolute Gasteiger partial charge is 0.246 e. The molecule has 0 radical (unpaired) electrons. The van der Waals surface area contributed by atoms with Gasteiger partial charge in [0.05, 0.1) is 6.61 Å². The number of hydrogen-bond acceptors (Lipinski definition) is 3. The van der Waals surface area contributed by atoms with E-state index in [0.29, 0.717) is 18.7 Å². The molecule has 4 nitrogen and oxygen atoms in total. The first-order chi connectivity index (χ1) is 10.9. The molecule has 1 heterocycles. The molecule has 1 aliphatic heterocycles. The van der Waals surface area contributed by atoms with Crippen LogP contribution >= 0.6 is 15.9 Å². The molecule has 6 heteroatoms. The number of hydrogen-bond donors (Lipinski definition) is 1. The standard InChI is InChI=1S/C17H22BrFN2O2/c1-12-16(20(2)9-10-22)7-8-21(12)17(23)6-3-13-11-14(18)4-5-15(13)19/h3-6,11-12,16,22H,7-10H2,1-2H3/t12-,16-/m1/s1. The molecule has 126 valence electrons. The Morgan fingerprint density at radius 2 is 2.30 bits per heavy atom. The Hall–Kier alpha value is -1.24. The second-order valence-corrected chi connectivity index (χ2v) is 6.75. The number of likely N-dealkylation sites (tertiary alicyclic amines) is 1. The number of nitrogens with zero attached hydrogens (tertiary/aromatic N) is 2. The van der Waals surface area contributed by atoms with Crippen molar-refractivity contribution in [1.82, 2.24) is 9.80 Å². The molecule has 0 bridgehead atoms. The maximum Gasteiger partial charge on any atom is 0.246 e. The van der Waals surface area contributed by atoms with Crippen molar-refractivity contribution in [2.45, 2.75) is 25.4 Å². The second kappa shape index (κ2) is 8.04. The normalized spacial score (nSPS) is 21.6. The minimum atomic E-state index is -0.354. The fourth-order valence-corrected chi connectivity index (χ4v) is 3.42. The minimum absolute atomic E-state index is 0.0658. The van der Waals surface area contributed by atoms with Crippen molar-refractivity contribution in [3.05, 3.63) is 40.1 Å². The Bertz CT molecular complexity index is 594. The Labute approximate surface area is 144 Å². The van der Waals surface area contributed by atoms with Gasteiger partial charge in [-0.15, -0.1) is 0 Å². The summed E-state index contributed by atoms with van der Waals surface area (Å²) in [6, 6.07) is 4.94. The van der Waals surface area contributed by atoms with Crippen molar-refractivity contribution >= 4 is 27.9 Å². The van der Waals surface area contributed by atoms with Gasteiger partial charge in [-0.1, -0.05) is 15.9 Å². The van der Waals surface area contributed by atoms with Crippen LogP contribution in [0.5, 0.6) is 0 Å². The second-order valence-electron chi connectivity index (χ2n) is 5.83. The van der Waals surface area contributed by atoms with Crippen molar-refractivity contribution in [3.8, 4) is 0 Å². The van der Waals surface area contributed by atoms with E-state index in [4.69, 9.17) is 5.11 Å². The highest BCUT2D eigenvalue weighted by Crippen LogP contribution is 2.23. The third-order valence-corrected chi connectivity index (χ3v) is 4.87. The molecule has 0 unspecified atom stereocenters. The molecule has 0 spiro atoms. The van der Waals surface area contributed by atoms with E-state index < -0.39 is 0 Å². The zero-order valence-electron chi connectivity index (χ0n) is 13.4. The molecule has 1 saturated heterocycles. The Balaban J connectivity index is 2.04.